The third-order valence-corrected chi connectivity index (χ3v) is 30.8. The van der Waals surface area contributed by atoms with Gasteiger partial charge < -0.3 is 119 Å². The van der Waals surface area contributed by atoms with Crippen LogP contribution in [0.4, 0.5) is 61.2 Å². The monoisotopic (exact) mass is 2130 g/mol. The highest BCUT2D eigenvalue weighted by molar-refractivity contribution is 8.08. The Hall–Kier alpha value is -8.05. The second-order valence-corrected chi connectivity index (χ2v) is 46.8. The molecule has 21 rings (SSSR count). The molecular weight excluding hydrogens is 2070 g/mol. The summed E-state index contributed by atoms with van der Waals surface area (Å²) in [5, 5.41) is 30.5. The van der Waals surface area contributed by atoms with Gasteiger partial charge in [-0.05, 0) is 89.0 Å². The number of pyridine rings is 3. The predicted octanol–water partition coefficient (Wildman–Crippen LogP) is -1.07. The van der Waals surface area contributed by atoms with Crippen LogP contribution in [-0.2, 0) is 154 Å². The molecule has 9 aliphatic rings. The van der Waals surface area contributed by atoms with E-state index < -0.39 is 244 Å². The van der Waals surface area contributed by atoms with Gasteiger partial charge in [0.25, 0.3) is 16.7 Å². The first-order valence-corrected chi connectivity index (χ1v) is 54.1. The number of fused-ring (bicyclic) bond motifs is 15. The number of aromatic amines is 3. The molecule has 21 N–H and O–H groups in total. The van der Waals surface area contributed by atoms with Crippen LogP contribution >= 0.6 is 40.3 Å². The van der Waals surface area contributed by atoms with Crippen molar-refractivity contribution in [3.05, 3.63) is 80.5 Å². The lowest BCUT2D eigenvalue weighted by atomic mass is 10.1. The maximum atomic E-state index is 16.0. The summed E-state index contributed by atoms with van der Waals surface area (Å²) >= 11 is 30.8. The lowest BCUT2D eigenvalue weighted by Crippen LogP contribution is -2.34. The molecule has 0 radical (unpaired) electrons. The van der Waals surface area contributed by atoms with Gasteiger partial charge in [0.2, 0.25) is 17.8 Å². The maximum absolute atomic E-state index is 16.0. The SMILES string of the molecule is Nc1nc2c(nnn2[C@@H]2O[C@@H]3COP(O)(=S)O[C@H]4[C@H](F)[C@H](n5cnc6c(N)ccnc65)O[C@@H]4COP(O)(=S)O[C@@H]2[C@@H]3F)c(=O)[nH]1.Nc1nc2c(nnn2[C@@H]2O[C@@H]3COP(O)(=S)O[C@H]4[C@H](F)[C@H](n5cnc6c(N)ccnc65)O[C@@H]4COP(O)(=S)O[C@@H]2[C@@H]3F)c(=O)[nH]1.Nc1nc2c(nnn2[C@@H]2O[C@@H]3COP(O)(=S)O[C@H]4[C@H](F)[C@H](n5nnc6c(N)ccnc65)O[C@@H]4COP(O)(=S)O[C@@H]2[C@@H]3F)c(=O)[nH]1. The maximum Gasteiger partial charge on any atom is 0.325 e. The van der Waals surface area contributed by atoms with E-state index in [9.17, 15) is 43.7 Å². The third kappa shape index (κ3) is 18.7. The second kappa shape index (κ2) is 36.5. The van der Waals surface area contributed by atoms with Crippen LogP contribution in [0.15, 0.2) is 63.8 Å². The van der Waals surface area contributed by atoms with E-state index in [0.717, 1.165) is 18.7 Å². The molecule has 30 atom stereocenters. The molecule has 0 amide bonds. The van der Waals surface area contributed by atoms with Crippen molar-refractivity contribution in [2.75, 3.05) is 74.0 Å². The van der Waals surface area contributed by atoms with Gasteiger partial charge in [0.1, 0.15) is 84.3 Å². The number of nitrogen functional groups attached to an aromatic ring is 6. The molecule has 58 nitrogen and oxygen atoms in total. The van der Waals surface area contributed by atoms with E-state index >= 15 is 26.3 Å². The second-order valence-electron chi connectivity index (χ2n) is 30.1. The zero-order valence-corrected chi connectivity index (χ0v) is 76.9. The third-order valence-electron chi connectivity index (χ3n) is 21.5. The molecule has 12 aromatic rings. The first-order chi connectivity index (χ1) is 63.9. The van der Waals surface area contributed by atoms with Crippen molar-refractivity contribution in [1.29, 1.82) is 0 Å². The van der Waals surface area contributed by atoms with Gasteiger partial charge >= 0.3 is 40.3 Å². The van der Waals surface area contributed by atoms with Gasteiger partial charge in [-0.25, -0.2) is 51.3 Å². The van der Waals surface area contributed by atoms with Crippen molar-refractivity contribution in [3.63, 3.8) is 0 Å². The number of nitrogens with zero attached hydrogens (tertiary/aromatic N) is 22. The molecular formula is C59H65F6N31O27P6S6. The first-order valence-electron chi connectivity index (χ1n) is 38.6. The largest absolute Gasteiger partial charge is 0.397 e. The van der Waals surface area contributed by atoms with Gasteiger partial charge in [-0.2, -0.15) is 33.7 Å². The van der Waals surface area contributed by atoms with E-state index in [1.165, 1.54) is 58.6 Å². The highest BCUT2D eigenvalue weighted by atomic mass is 32.5. The quantitative estimate of drug-likeness (QED) is 0.0696. The molecule has 9 fully saturated rings. The Kier molecular flexibility index (Phi) is 26.0. The molecule has 76 heteroatoms. The average molecular weight is 2130 g/mol. The number of H-pyrrole nitrogens is 3. The lowest BCUT2D eigenvalue weighted by molar-refractivity contribution is -0.0652. The number of ether oxygens (including phenoxy) is 6. The number of anilines is 6. The van der Waals surface area contributed by atoms with Crippen LogP contribution in [0.1, 0.15) is 37.4 Å². The van der Waals surface area contributed by atoms with Crippen molar-refractivity contribution in [2.24, 2.45) is 0 Å². The first kappa shape index (κ1) is 95.9. The number of hydrogen-bond acceptors (Lipinski definition) is 49. The molecule has 6 unspecified atom stereocenters. The van der Waals surface area contributed by atoms with Crippen molar-refractivity contribution >= 4 is 213 Å². The van der Waals surface area contributed by atoms with Crippen molar-refractivity contribution in [1.82, 2.24) is 124 Å². The summed E-state index contributed by atoms with van der Waals surface area (Å²) in [6.07, 6.45) is -33.7. The zero-order chi connectivity index (χ0) is 95.5. The number of aromatic nitrogens is 25. The number of nitrogens with one attached hydrogen (secondary N) is 3. The minimum Gasteiger partial charge on any atom is -0.397 e. The van der Waals surface area contributed by atoms with Crippen LogP contribution < -0.4 is 51.1 Å². The van der Waals surface area contributed by atoms with E-state index in [4.69, 9.17) is 188 Å². The smallest absolute Gasteiger partial charge is 0.325 e. The minimum absolute atomic E-state index is 0.0836. The van der Waals surface area contributed by atoms with Gasteiger partial charge in [0.15, 0.2) is 130 Å². The van der Waals surface area contributed by atoms with Crippen LogP contribution in [-0.4, -0.2) is 303 Å². The Morgan fingerprint density at radius 2 is 0.570 bits per heavy atom. The van der Waals surface area contributed by atoms with Crippen molar-refractivity contribution < 1.29 is 138 Å². The van der Waals surface area contributed by atoms with Crippen LogP contribution in [0, 0.1) is 0 Å². The van der Waals surface area contributed by atoms with Crippen LogP contribution in [0.25, 0.3) is 67.0 Å². The molecule has 0 spiro atoms. The fraction of sp³-hybridized carbons (Fsp3) is 0.508. The summed E-state index contributed by atoms with van der Waals surface area (Å²) in [6, 6.07) is 4.51. The summed E-state index contributed by atoms with van der Waals surface area (Å²) in [7, 11) is 0. The number of halogens is 6. The minimum atomic E-state index is -4.38. The Morgan fingerprint density at radius 3 is 0.889 bits per heavy atom. The molecule has 9 aliphatic heterocycles. The van der Waals surface area contributed by atoms with E-state index in [2.05, 4.69) is 96.1 Å². The molecule has 0 aliphatic carbocycles. The summed E-state index contributed by atoms with van der Waals surface area (Å²) in [5.74, 6) is -0.886. The number of imidazole rings is 2. The molecule has 9 saturated heterocycles. The molecule has 135 heavy (non-hydrogen) atoms. The van der Waals surface area contributed by atoms with Gasteiger partial charge in [-0.15, -0.1) is 20.4 Å². The lowest BCUT2D eigenvalue weighted by Gasteiger charge is -2.27. The normalized spacial score (nSPS) is 37.7. The molecule has 12 aromatic heterocycles. The average Bonchev–Trinajstić information content (AvgIpc) is 1.63. The van der Waals surface area contributed by atoms with E-state index in [1.807, 2.05) is 0 Å². The van der Waals surface area contributed by atoms with Gasteiger partial charge in [0.05, 0.1) is 69.4 Å². The van der Waals surface area contributed by atoms with Crippen LogP contribution in [0.3, 0.4) is 0 Å². The highest BCUT2D eigenvalue weighted by Gasteiger charge is 2.60. The van der Waals surface area contributed by atoms with Gasteiger partial charge in [-0.1, -0.05) is 20.9 Å². The fourth-order valence-electron chi connectivity index (χ4n) is 15.4. The summed E-state index contributed by atoms with van der Waals surface area (Å²) in [5.41, 5.74) is 33.2. The van der Waals surface area contributed by atoms with E-state index in [-0.39, 0.29) is 102 Å². The summed E-state index contributed by atoms with van der Waals surface area (Å²) < 4.78 is 202. The standard InChI is InChI=1S/2C20H22F2N10O9P2S2.C19H21F2N11O9P2S2/c2*21-9-7-3-36-42(34,44)40-13-8(39-18(10(13)22)31-5-26-11-6(23)1-2-25-15(11)31)4-37-43(35,45)41-14(9)19(38-7)32-16-12(29-30-32)17(33)28-20(24)27-16;20-8-6-3-36-42(34,44)40-12-7(39-17(9(12)21)31-14-10(27-29-31)5(22)1-2-24-14)4-37-43(35,45)41-13(8)18(38-6)32-15-11(28-30-32)16(33)26-19(23)25-15/h2*1-2,5,7-10,13-14,18-19H,3-4H2,(H2,23,25)(H,34,44)(H,35,45)(H3,24,27,28,33);1-2,6-9,12-13,17-18H,3-4H2,(H2,22,24)(H,34,44)(H,35,45)(H3,23,25,26,33)/t2*7-,8-,9-,10+,13-,14-,18-,19-,42?,43?;6-,7-,8-,9+,12-,13-,17-,18-,42?,43?/m111/s1. The molecule has 0 aromatic carbocycles. The topological polar surface area (TPSA) is 778 Å². The number of hydrogen-bond donors (Lipinski definition) is 15. The van der Waals surface area contributed by atoms with Crippen molar-refractivity contribution in [3.8, 4) is 0 Å². The van der Waals surface area contributed by atoms with Gasteiger partial charge in [0, 0.05) is 18.6 Å². The van der Waals surface area contributed by atoms with Gasteiger partial charge in [-0.3, -0.25) is 65.6 Å². The van der Waals surface area contributed by atoms with Crippen LogP contribution in [0.2, 0.25) is 0 Å². The number of alkyl halides is 6. The Labute approximate surface area is 773 Å². The van der Waals surface area contributed by atoms with Crippen molar-refractivity contribution in [2.45, 2.75) is 148 Å². The predicted molar refractivity (Wildman–Crippen MR) is 461 cm³/mol. The van der Waals surface area contributed by atoms with Crippen LogP contribution in [0.5, 0.6) is 0 Å². The number of rotatable bonds is 6. The highest BCUT2D eigenvalue weighted by Crippen LogP contribution is 2.60. The Morgan fingerprint density at radius 1 is 0.319 bits per heavy atom. The molecule has 6 bridgehead atoms. The molecule has 726 valence electrons. The van der Waals surface area contributed by atoms with E-state index in [0.29, 0.717) is 0 Å². The summed E-state index contributed by atoms with van der Waals surface area (Å²) in [4.78, 5) is 142. The van der Waals surface area contributed by atoms with E-state index in [1.54, 1.807) is 0 Å². The summed E-state index contributed by atoms with van der Waals surface area (Å²) in [6.45, 7) is -30.3. The Bertz CT molecular complexity index is 6510. The fourth-order valence-corrected chi connectivity index (χ4v) is 24.0. The molecule has 0 saturated carbocycles. The zero-order valence-electron chi connectivity index (χ0n) is 66.7. The number of nitrogens with two attached hydrogens (primary N) is 6. The Balaban J connectivity index is 0.000000130. The molecule has 21 heterocycles.